The number of urea groups is 1. The zero-order chi connectivity index (χ0) is 14.2. The summed E-state index contributed by atoms with van der Waals surface area (Å²) >= 11 is 3.22. The van der Waals surface area contributed by atoms with Gasteiger partial charge in [0.2, 0.25) is 5.95 Å². The highest BCUT2D eigenvalue weighted by atomic mass is 79.9. The summed E-state index contributed by atoms with van der Waals surface area (Å²) < 4.78 is 6.19. The first-order valence-corrected chi connectivity index (χ1v) is 6.73. The van der Waals surface area contributed by atoms with Crippen molar-refractivity contribution in [3.05, 3.63) is 47.2 Å². The number of anilines is 1. The Labute approximate surface area is 124 Å². The van der Waals surface area contributed by atoms with Crippen molar-refractivity contribution in [2.75, 3.05) is 18.5 Å². The highest BCUT2D eigenvalue weighted by molar-refractivity contribution is 9.10. The Balaban J connectivity index is 1.66. The minimum absolute atomic E-state index is 0.245. The Kier molecular flexibility index (Phi) is 5.31. The molecule has 6 nitrogen and oxygen atoms in total. The monoisotopic (exact) mass is 336 g/mol. The van der Waals surface area contributed by atoms with Crippen molar-refractivity contribution in [2.45, 2.75) is 0 Å². The van der Waals surface area contributed by atoms with E-state index in [1.807, 2.05) is 30.3 Å². The van der Waals surface area contributed by atoms with Gasteiger partial charge in [0.25, 0.3) is 0 Å². The Hall–Kier alpha value is -2.15. The lowest BCUT2D eigenvalue weighted by Gasteiger charge is -2.08. The van der Waals surface area contributed by atoms with Crippen molar-refractivity contribution in [2.24, 2.45) is 0 Å². The number of halogens is 1. The van der Waals surface area contributed by atoms with Gasteiger partial charge in [-0.15, -0.1) is 0 Å². The number of nitrogens with zero attached hydrogens (tertiary/aromatic N) is 2. The molecule has 2 aromatic rings. The van der Waals surface area contributed by atoms with Crippen LogP contribution < -0.4 is 15.4 Å². The van der Waals surface area contributed by atoms with E-state index in [-0.39, 0.29) is 12.0 Å². The van der Waals surface area contributed by atoms with Gasteiger partial charge in [-0.05, 0) is 28.1 Å². The molecule has 0 aliphatic carbocycles. The minimum atomic E-state index is -0.371. The maximum absolute atomic E-state index is 11.5. The third kappa shape index (κ3) is 4.85. The molecule has 0 aliphatic heterocycles. The highest BCUT2D eigenvalue weighted by Crippen LogP contribution is 2.07. The quantitative estimate of drug-likeness (QED) is 0.822. The Bertz CT molecular complexity index is 548. The first kappa shape index (κ1) is 14.3. The van der Waals surface area contributed by atoms with Crippen molar-refractivity contribution < 1.29 is 9.53 Å². The number of hydrogen-bond acceptors (Lipinski definition) is 4. The molecule has 0 radical (unpaired) electrons. The predicted molar refractivity (Wildman–Crippen MR) is 78.7 cm³/mol. The van der Waals surface area contributed by atoms with Crippen LogP contribution in [0.25, 0.3) is 0 Å². The maximum Gasteiger partial charge on any atom is 0.321 e. The fourth-order valence-electron chi connectivity index (χ4n) is 1.37. The van der Waals surface area contributed by atoms with Crippen LogP contribution in [0.5, 0.6) is 5.75 Å². The van der Waals surface area contributed by atoms with E-state index in [1.54, 1.807) is 12.4 Å². The van der Waals surface area contributed by atoms with Crippen LogP contribution in [0.3, 0.4) is 0 Å². The summed E-state index contributed by atoms with van der Waals surface area (Å²) in [6.45, 7) is 0.774. The molecule has 0 bridgehead atoms. The van der Waals surface area contributed by atoms with Gasteiger partial charge in [-0.1, -0.05) is 18.2 Å². The molecule has 0 spiro atoms. The van der Waals surface area contributed by atoms with Crippen molar-refractivity contribution in [1.29, 1.82) is 0 Å². The van der Waals surface area contributed by atoms with Crippen LogP contribution in [0.2, 0.25) is 0 Å². The molecule has 0 fully saturated rings. The molecule has 0 aliphatic rings. The molecule has 104 valence electrons. The van der Waals surface area contributed by atoms with Gasteiger partial charge < -0.3 is 10.1 Å². The van der Waals surface area contributed by atoms with Crippen LogP contribution in [-0.4, -0.2) is 29.2 Å². The molecule has 1 aromatic carbocycles. The lowest BCUT2D eigenvalue weighted by atomic mass is 10.3. The number of ether oxygens (including phenoxy) is 1. The van der Waals surface area contributed by atoms with Crippen molar-refractivity contribution in [3.63, 3.8) is 0 Å². The molecule has 0 saturated heterocycles. The first-order valence-electron chi connectivity index (χ1n) is 5.94. The van der Waals surface area contributed by atoms with E-state index in [9.17, 15) is 4.79 Å². The zero-order valence-electron chi connectivity index (χ0n) is 10.5. The molecular weight excluding hydrogens is 324 g/mol. The van der Waals surface area contributed by atoms with E-state index in [1.165, 1.54) is 0 Å². The van der Waals surface area contributed by atoms with Gasteiger partial charge in [-0.25, -0.2) is 14.8 Å². The minimum Gasteiger partial charge on any atom is -0.492 e. The average molecular weight is 337 g/mol. The Morgan fingerprint density at radius 2 is 1.90 bits per heavy atom. The first-order chi connectivity index (χ1) is 9.74. The lowest BCUT2D eigenvalue weighted by molar-refractivity contribution is 0.247. The topological polar surface area (TPSA) is 76.1 Å². The summed E-state index contributed by atoms with van der Waals surface area (Å²) in [7, 11) is 0. The van der Waals surface area contributed by atoms with Crippen LogP contribution in [0, 0.1) is 0 Å². The third-order valence-corrected chi connectivity index (χ3v) is 2.65. The standard InChI is InChI=1S/C13H13BrN4O2/c14-10-8-16-12(17-9-10)18-13(19)15-6-7-20-11-4-2-1-3-5-11/h1-5,8-9H,6-7H2,(H2,15,16,17,18,19). The molecule has 1 heterocycles. The molecule has 20 heavy (non-hydrogen) atoms. The molecule has 0 unspecified atom stereocenters. The van der Waals surface area contributed by atoms with Crippen LogP contribution in [0.15, 0.2) is 47.2 Å². The molecule has 2 amide bonds. The number of benzene rings is 1. The van der Waals surface area contributed by atoms with Gasteiger partial charge in [0, 0.05) is 12.4 Å². The number of hydrogen-bond donors (Lipinski definition) is 2. The number of carbonyl (C=O) groups excluding carboxylic acids is 1. The van der Waals surface area contributed by atoms with Gasteiger partial charge >= 0.3 is 6.03 Å². The van der Waals surface area contributed by atoms with E-state index in [2.05, 4.69) is 36.5 Å². The fraction of sp³-hybridized carbons (Fsp3) is 0.154. The van der Waals surface area contributed by atoms with E-state index in [0.29, 0.717) is 13.2 Å². The Morgan fingerprint density at radius 3 is 2.60 bits per heavy atom. The van der Waals surface area contributed by atoms with Crippen LogP contribution in [0.4, 0.5) is 10.7 Å². The van der Waals surface area contributed by atoms with Crippen LogP contribution >= 0.6 is 15.9 Å². The largest absolute Gasteiger partial charge is 0.492 e. The third-order valence-electron chi connectivity index (χ3n) is 2.25. The smallest absolute Gasteiger partial charge is 0.321 e. The van der Waals surface area contributed by atoms with E-state index in [4.69, 9.17) is 4.74 Å². The van der Waals surface area contributed by atoms with Crippen LogP contribution in [0.1, 0.15) is 0 Å². The normalized spacial score (nSPS) is 9.85. The molecule has 2 rings (SSSR count). The molecular formula is C13H13BrN4O2. The van der Waals surface area contributed by atoms with Gasteiger partial charge in [0.1, 0.15) is 12.4 Å². The van der Waals surface area contributed by atoms with Crippen molar-refractivity contribution in [3.8, 4) is 5.75 Å². The van der Waals surface area contributed by atoms with Crippen LogP contribution in [-0.2, 0) is 0 Å². The average Bonchev–Trinajstić information content (AvgIpc) is 2.47. The SMILES string of the molecule is O=C(NCCOc1ccccc1)Nc1ncc(Br)cn1. The van der Waals surface area contributed by atoms with E-state index >= 15 is 0 Å². The van der Waals surface area contributed by atoms with Crippen molar-refractivity contribution in [1.82, 2.24) is 15.3 Å². The second kappa shape index (κ2) is 7.44. The summed E-state index contributed by atoms with van der Waals surface area (Å²) in [6, 6.07) is 9.03. The number of rotatable bonds is 5. The number of nitrogens with one attached hydrogen (secondary N) is 2. The molecule has 7 heteroatoms. The second-order valence-corrected chi connectivity index (χ2v) is 4.68. The van der Waals surface area contributed by atoms with Crippen molar-refractivity contribution >= 4 is 27.9 Å². The summed E-state index contributed by atoms with van der Waals surface area (Å²) in [4.78, 5) is 19.4. The number of para-hydroxylation sites is 1. The summed E-state index contributed by atoms with van der Waals surface area (Å²) in [5.74, 6) is 1.01. The summed E-state index contributed by atoms with van der Waals surface area (Å²) in [6.07, 6.45) is 3.11. The molecule has 0 saturated carbocycles. The maximum atomic E-state index is 11.5. The van der Waals surface area contributed by atoms with Gasteiger partial charge in [0.05, 0.1) is 11.0 Å². The van der Waals surface area contributed by atoms with Gasteiger partial charge in [0.15, 0.2) is 0 Å². The number of carbonyl (C=O) groups is 1. The Morgan fingerprint density at radius 1 is 1.20 bits per heavy atom. The summed E-state index contributed by atoms with van der Waals surface area (Å²) in [5, 5.41) is 5.17. The molecule has 1 aromatic heterocycles. The highest BCUT2D eigenvalue weighted by Gasteiger charge is 2.03. The second-order valence-electron chi connectivity index (χ2n) is 3.77. The van der Waals surface area contributed by atoms with Gasteiger partial charge in [-0.2, -0.15) is 0 Å². The fourth-order valence-corrected chi connectivity index (χ4v) is 1.58. The predicted octanol–water partition coefficient (Wildman–Crippen LogP) is 2.44. The summed E-state index contributed by atoms with van der Waals surface area (Å²) in [5.41, 5.74) is 0. The number of aromatic nitrogens is 2. The van der Waals surface area contributed by atoms with E-state index in [0.717, 1.165) is 10.2 Å². The van der Waals surface area contributed by atoms with Gasteiger partial charge in [-0.3, -0.25) is 5.32 Å². The number of amides is 2. The lowest BCUT2D eigenvalue weighted by Crippen LogP contribution is -2.32. The molecule has 2 N–H and O–H groups in total. The molecule has 0 atom stereocenters. The zero-order valence-corrected chi connectivity index (χ0v) is 12.1. The van der Waals surface area contributed by atoms with E-state index < -0.39 is 0 Å².